The van der Waals surface area contributed by atoms with Gasteiger partial charge in [0.2, 0.25) is 0 Å². The van der Waals surface area contributed by atoms with Gasteiger partial charge in [0, 0.05) is 12.0 Å². The quantitative estimate of drug-likeness (QED) is 0.377. The maximum Gasteiger partial charge on any atom is 0.119 e. The zero-order valence-corrected chi connectivity index (χ0v) is 22.1. The highest BCUT2D eigenvalue weighted by Crippen LogP contribution is 2.55. The molecule has 4 nitrogen and oxygen atoms in total. The number of hydrogen-bond acceptors (Lipinski definition) is 4. The Balaban J connectivity index is 1.27. The molecule has 1 saturated heterocycles. The Bertz CT molecular complexity index is 1310. The molecule has 192 valence electrons. The lowest BCUT2D eigenvalue weighted by atomic mass is 9.77. The van der Waals surface area contributed by atoms with Gasteiger partial charge in [-0.1, -0.05) is 36.8 Å². The van der Waals surface area contributed by atoms with E-state index < -0.39 is 0 Å². The summed E-state index contributed by atoms with van der Waals surface area (Å²) in [6, 6.07) is 21.7. The highest BCUT2D eigenvalue weighted by molar-refractivity contribution is 5.90. The van der Waals surface area contributed by atoms with E-state index >= 15 is 0 Å². The highest BCUT2D eigenvalue weighted by Gasteiger charge is 2.46. The van der Waals surface area contributed by atoms with E-state index in [4.69, 9.17) is 14.2 Å². The molecule has 0 radical (unpaired) electrons. The Hall–Kier alpha value is -3.24. The van der Waals surface area contributed by atoms with Crippen molar-refractivity contribution in [1.29, 1.82) is 0 Å². The third kappa shape index (κ3) is 4.87. The van der Waals surface area contributed by atoms with Crippen molar-refractivity contribution in [2.24, 2.45) is 5.41 Å². The molecule has 1 fully saturated rings. The molecule has 1 unspecified atom stereocenters. The summed E-state index contributed by atoms with van der Waals surface area (Å²) in [6.45, 7) is 4.20. The largest absolute Gasteiger partial charge is 0.497 e. The monoisotopic (exact) mass is 495 g/mol. The summed E-state index contributed by atoms with van der Waals surface area (Å²) in [6.07, 6.45) is 9.48. The first-order valence-corrected chi connectivity index (χ1v) is 13.7. The number of allylic oxidation sites excluding steroid dienone is 1. The summed E-state index contributed by atoms with van der Waals surface area (Å²) in [5.74, 6) is 2.82. The molecule has 1 atom stereocenters. The van der Waals surface area contributed by atoms with Crippen molar-refractivity contribution in [2.45, 2.75) is 38.5 Å². The van der Waals surface area contributed by atoms with Crippen LogP contribution >= 0.6 is 0 Å². The van der Waals surface area contributed by atoms with E-state index in [1.165, 1.54) is 65.7 Å². The van der Waals surface area contributed by atoms with Crippen LogP contribution in [0.4, 0.5) is 0 Å². The van der Waals surface area contributed by atoms with Crippen LogP contribution in [0.5, 0.6) is 17.2 Å². The molecule has 3 aliphatic rings. The van der Waals surface area contributed by atoms with Gasteiger partial charge >= 0.3 is 0 Å². The van der Waals surface area contributed by atoms with Crippen molar-refractivity contribution in [1.82, 2.24) is 4.90 Å². The summed E-state index contributed by atoms with van der Waals surface area (Å²) >= 11 is 0. The maximum atomic E-state index is 6.24. The fraction of sp³-hybridized carbons (Fsp3) is 0.394. The Morgan fingerprint density at radius 2 is 1.49 bits per heavy atom. The first kappa shape index (κ1) is 24.1. The third-order valence-electron chi connectivity index (χ3n) is 8.47. The van der Waals surface area contributed by atoms with Crippen LogP contribution < -0.4 is 14.2 Å². The second kappa shape index (κ2) is 10.3. The van der Waals surface area contributed by atoms with Crippen LogP contribution in [0.15, 0.2) is 60.7 Å². The number of hydrogen-bond donors (Lipinski definition) is 0. The number of fused-ring (bicyclic) bond motifs is 2. The molecule has 3 aromatic rings. The molecule has 37 heavy (non-hydrogen) atoms. The van der Waals surface area contributed by atoms with Crippen molar-refractivity contribution in [3.05, 3.63) is 88.5 Å². The highest BCUT2D eigenvalue weighted by atomic mass is 16.5. The summed E-state index contributed by atoms with van der Waals surface area (Å²) < 4.78 is 17.3. The number of benzene rings is 3. The minimum Gasteiger partial charge on any atom is -0.497 e. The minimum absolute atomic E-state index is 0.0481. The molecule has 3 aromatic carbocycles. The normalized spacial score (nSPS) is 21.7. The second-order valence-corrected chi connectivity index (χ2v) is 10.8. The molecule has 6 rings (SSSR count). The van der Waals surface area contributed by atoms with Crippen LogP contribution in [0.2, 0.25) is 0 Å². The van der Waals surface area contributed by atoms with Crippen LogP contribution in [-0.2, 0) is 19.3 Å². The average molecular weight is 496 g/mol. The Labute approximate surface area is 220 Å². The van der Waals surface area contributed by atoms with Crippen molar-refractivity contribution in [2.75, 3.05) is 40.5 Å². The molecule has 0 N–H and O–H groups in total. The minimum atomic E-state index is 0.0481. The molecule has 1 heterocycles. The van der Waals surface area contributed by atoms with E-state index in [0.29, 0.717) is 0 Å². The first-order chi connectivity index (χ1) is 18.2. The molecule has 0 amide bonds. The van der Waals surface area contributed by atoms with Gasteiger partial charge in [0.1, 0.15) is 23.9 Å². The predicted molar refractivity (Wildman–Crippen MR) is 150 cm³/mol. The van der Waals surface area contributed by atoms with Gasteiger partial charge in [-0.25, -0.2) is 0 Å². The van der Waals surface area contributed by atoms with Gasteiger partial charge < -0.3 is 14.2 Å². The first-order valence-electron chi connectivity index (χ1n) is 13.7. The molecule has 4 heteroatoms. The summed E-state index contributed by atoms with van der Waals surface area (Å²) in [5.41, 5.74) is 8.23. The topological polar surface area (TPSA) is 30.9 Å². The fourth-order valence-corrected chi connectivity index (χ4v) is 6.59. The molecule has 0 saturated carbocycles. The van der Waals surface area contributed by atoms with E-state index in [2.05, 4.69) is 65.6 Å². The van der Waals surface area contributed by atoms with E-state index in [1.807, 2.05) is 6.07 Å². The summed E-state index contributed by atoms with van der Waals surface area (Å²) in [4.78, 5) is 2.53. The van der Waals surface area contributed by atoms with E-state index in [1.54, 1.807) is 14.2 Å². The summed E-state index contributed by atoms with van der Waals surface area (Å²) in [7, 11) is 3.47. The molecule has 0 aromatic heterocycles. The maximum absolute atomic E-state index is 6.24. The van der Waals surface area contributed by atoms with Gasteiger partial charge in [0.05, 0.1) is 14.2 Å². The van der Waals surface area contributed by atoms with Gasteiger partial charge in [-0.3, -0.25) is 4.90 Å². The SMILES string of the molecule is COc1cccc(C=C2c3ccc(OC)cc3CC23Cc2ccc(OCCN4CCCCC4)cc2C3)c1. The zero-order valence-electron chi connectivity index (χ0n) is 22.1. The van der Waals surface area contributed by atoms with Gasteiger partial charge in [-0.15, -0.1) is 0 Å². The number of rotatable bonds is 7. The lowest BCUT2D eigenvalue weighted by molar-refractivity contribution is 0.183. The number of piperidine rings is 1. The standard InChI is InChI=1S/C33H37NO3/c1-35-28-8-6-7-24(17-28)18-32-31-12-11-29(36-2)20-27(31)23-33(32)21-25-9-10-30(19-26(25)22-33)37-16-15-34-13-4-3-5-14-34/h6-12,17-20H,3-5,13-16,21-23H2,1-2H3. The Morgan fingerprint density at radius 1 is 0.757 bits per heavy atom. The lowest BCUT2D eigenvalue weighted by Crippen LogP contribution is -2.33. The molecule has 1 spiro atoms. The smallest absolute Gasteiger partial charge is 0.119 e. The van der Waals surface area contributed by atoms with Crippen LogP contribution in [0, 0.1) is 5.41 Å². The van der Waals surface area contributed by atoms with Gasteiger partial charge in [0.15, 0.2) is 0 Å². The number of ether oxygens (including phenoxy) is 3. The van der Waals surface area contributed by atoms with Crippen LogP contribution in [0.25, 0.3) is 11.6 Å². The van der Waals surface area contributed by atoms with Crippen molar-refractivity contribution < 1.29 is 14.2 Å². The number of nitrogens with zero attached hydrogens (tertiary/aromatic N) is 1. The third-order valence-corrected chi connectivity index (χ3v) is 8.47. The molecular weight excluding hydrogens is 458 g/mol. The molecule has 0 bridgehead atoms. The molecule has 2 aliphatic carbocycles. The van der Waals surface area contributed by atoms with Crippen LogP contribution in [0.3, 0.4) is 0 Å². The summed E-state index contributed by atoms with van der Waals surface area (Å²) in [5, 5.41) is 0. The Kier molecular flexibility index (Phi) is 6.69. The number of likely N-dealkylation sites (tertiary alicyclic amines) is 1. The van der Waals surface area contributed by atoms with E-state index in [9.17, 15) is 0 Å². The van der Waals surface area contributed by atoms with Crippen molar-refractivity contribution >= 4 is 11.6 Å². The number of methoxy groups -OCH3 is 2. The molecular formula is C33H37NO3. The van der Waals surface area contributed by atoms with Crippen molar-refractivity contribution in [3.63, 3.8) is 0 Å². The van der Waals surface area contributed by atoms with Gasteiger partial charge in [0.25, 0.3) is 0 Å². The van der Waals surface area contributed by atoms with Crippen LogP contribution in [-0.4, -0.2) is 45.4 Å². The van der Waals surface area contributed by atoms with Crippen molar-refractivity contribution in [3.8, 4) is 17.2 Å². The van der Waals surface area contributed by atoms with Gasteiger partial charge in [-0.05, 0) is 115 Å². The van der Waals surface area contributed by atoms with Crippen LogP contribution in [0.1, 0.15) is 47.1 Å². The second-order valence-electron chi connectivity index (χ2n) is 10.8. The molecule has 1 aliphatic heterocycles. The van der Waals surface area contributed by atoms with E-state index in [-0.39, 0.29) is 5.41 Å². The van der Waals surface area contributed by atoms with Gasteiger partial charge in [-0.2, -0.15) is 0 Å². The zero-order chi connectivity index (χ0) is 25.2. The Morgan fingerprint density at radius 3 is 2.32 bits per heavy atom. The fourth-order valence-electron chi connectivity index (χ4n) is 6.59. The predicted octanol–water partition coefficient (Wildman–Crippen LogP) is 6.45. The lowest BCUT2D eigenvalue weighted by Gasteiger charge is -2.26. The average Bonchev–Trinajstić information content (AvgIpc) is 3.44. The van der Waals surface area contributed by atoms with E-state index in [0.717, 1.165) is 49.7 Å².